The highest BCUT2D eigenvalue weighted by Crippen LogP contribution is 2.40. The molecule has 4 aromatic rings. The third-order valence-electron chi connectivity index (χ3n) is 5.18. The molecule has 0 aliphatic carbocycles. The van der Waals surface area contributed by atoms with E-state index in [2.05, 4.69) is 24.7 Å². The van der Waals surface area contributed by atoms with E-state index in [1.165, 1.54) is 31.8 Å². The maximum atomic E-state index is 13.3. The zero-order valence-corrected chi connectivity index (χ0v) is 21.6. The standard InChI is InChI=1S/C25H24ClN5O4S/c1-25(2,3)16-9-11-17(12-10-16)36(32,33)31-24-21(35-20-8-6-5-7-19(20)34-4)22(26)29-23(30-24)18-13-14-27-15-28-18/h5-15H,1-4H3,(H,29,30,31). The molecular weight excluding hydrogens is 502 g/mol. The first-order chi connectivity index (χ1) is 17.1. The van der Waals surface area contributed by atoms with Gasteiger partial charge in [0.05, 0.1) is 12.0 Å². The Labute approximate surface area is 214 Å². The Morgan fingerprint density at radius 3 is 2.25 bits per heavy atom. The van der Waals surface area contributed by atoms with E-state index in [-0.39, 0.29) is 32.9 Å². The van der Waals surface area contributed by atoms with Gasteiger partial charge in [-0.3, -0.25) is 4.72 Å². The second-order valence-electron chi connectivity index (χ2n) is 8.74. The zero-order chi connectivity index (χ0) is 25.9. The fraction of sp³-hybridized carbons (Fsp3) is 0.200. The molecule has 36 heavy (non-hydrogen) atoms. The Morgan fingerprint density at radius 2 is 1.64 bits per heavy atom. The molecule has 0 saturated heterocycles. The van der Waals surface area contributed by atoms with Crippen LogP contribution in [0.2, 0.25) is 5.15 Å². The Bertz CT molecular complexity index is 1480. The van der Waals surface area contributed by atoms with Gasteiger partial charge in [-0.1, -0.05) is 56.6 Å². The summed E-state index contributed by atoms with van der Waals surface area (Å²) in [6.45, 7) is 6.15. The number of methoxy groups -OCH3 is 1. The molecule has 186 valence electrons. The number of nitrogens with one attached hydrogen (secondary N) is 1. The minimum absolute atomic E-state index is 0.0528. The Kier molecular flexibility index (Phi) is 7.09. The number of rotatable bonds is 7. The van der Waals surface area contributed by atoms with Crippen LogP contribution in [0.15, 0.2) is 72.0 Å². The maximum Gasteiger partial charge on any atom is 0.263 e. The first kappa shape index (κ1) is 25.3. The number of ether oxygens (including phenoxy) is 2. The van der Waals surface area contributed by atoms with Crippen LogP contribution in [-0.2, 0) is 15.4 Å². The normalized spacial score (nSPS) is 11.7. The van der Waals surface area contributed by atoms with Crippen LogP contribution >= 0.6 is 11.6 Å². The van der Waals surface area contributed by atoms with Crippen molar-refractivity contribution in [2.75, 3.05) is 11.8 Å². The van der Waals surface area contributed by atoms with Gasteiger partial charge in [0.25, 0.3) is 10.0 Å². The van der Waals surface area contributed by atoms with Crippen molar-refractivity contribution in [3.63, 3.8) is 0 Å². The minimum Gasteiger partial charge on any atom is -0.493 e. The summed E-state index contributed by atoms with van der Waals surface area (Å²) in [5, 5.41) is -0.120. The molecule has 0 bridgehead atoms. The average Bonchev–Trinajstić information content (AvgIpc) is 2.86. The van der Waals surface area contributed by atoms with Crippen molar-refractivity contribution >= 4 is 27.4 Å². The number of hydrogen-bond donors (Lipinski definition) is 1. The molecule has 0 aliphatic rings. The van der Waals surface area contributed by atoms with Crippen molar-refractivity contribution in [3.8, 4) is 28.8 Å². The topological polar surface area (TPSA) is 116 Å². The summed E-state index contributed by atoms with van der Waals surface area (Å²) < 4.78 is 40.4. The molecule has 1 N–H and O–H groups in total. The number of sulfonamides is 1. The van der Waals surface area contributed by atoms with E-state index in [9.17, 15) is 8.42 Å². The monoisotopic (exact) mass is 525 g/mol. The van der Waals surface area contributed by atoms with E-state index in [0.717, 1.165) is 5.56 Å². The molecule has 9 nitrogen and oxygen atoms in total. The number of para-hydroxylation sites is 2. The number of hydrogen-bond acceptors (Lipinski definition) is 8. The summed E-state index contributed by atoms with van der Waals surface area (Å²) in [4.78, 5) is 16.7. The number of anilines is 1. The third-order valence-corrected chi connectivity index (χ3v) is 6.79. The highest BCUT2D eigenvalue weighted by molar-refractivity contribution is 7.92. The third kappa shape index (κ3) is 5.55. The SMILES string of the molecule is COc1ccccc1Oc1c(Cl)nc(-c2ccncn2)nc1NS(=O)(=O)c1ccc(C(C)(C)C)cc1. The molecule has 2 aromatic heterocycles. The van der Waals surface area contributed by atoms with Crippen molar-refractivity contribution in [3.05, 3.63) is 77.8 Å². The maximum absolute atomic E-state index is 13.3. The quantitative estimate of drug-likeness (QED) is 0.315. The molecule has 11 heteroatoms. The van der Waals surface area contributed by atoms with Gasteiger partial charge in [0.15, 0.2) is 28.3 Å². The van der Waals surface area contributed by atoms with E-state index < -0.39 is 10.0 Å². The first-order valence-corrected chi connectivity index (χ1v) is 12.7. The summed E-state index contributed by atoms with van der Waals surface area (Å²) >= 11 is 6.48. The fourth-order valence-electron chi connectivity index (χ4n) is 3.25. The Hall–Kier alpha value is -3.76. The largest absolute Gasteiger partial charge is 0.493 e. The molecule has 2 heterocycles. The van der Waals surface area contributed by atoms with Gasteiger partial charge < -0.3 is 9.47 Å². The molecule has 0 amide bonds. The molecule has 2 aromatic carbocycles. The van der Waals surface area contributed by atoms with E-state index in [0.29, 0.717) is 17.2 Å². The second-order valence-corrected chi connectivity index (χ2v) is 10.8. The highest BCUT2D eigenvalue weighted by atomic mass is 35.5. The van der Waals surface area contributed by atoms with Crippen molar-refractivity contribution in [2.45, 2.75) is 31.1 Å². The molecule has 0 unspecified atom stereocenters. The van der Waals surface area contributed by atoms with E-state index >= 15 is 0 Å². The zero-order valence-electron chi connectivity index (χ0n) is 20.1. The van der Waals surface area contributed by atoms with Gasteiger partial charge in [-0.25, -0.2) is 28.4 Å². The lowest BCUT2D eigenvalue weighted by atomic mass is 9.87. The lowest BCUT2D eigenvalue weighted by Gasteiger charge is -2.19. The average molecular weight is 526 g/mol. The van der Waals surface area contributed by atoms with Gasteiger partial charge >= 0.3 is 0 Å². The Balaban J connectivity index is 1.79. The fourth-order valence-corrected chi connectivity index (χ4v) is 4.47. The number of halogens is 1. The summed E-state index contributed by atoms with van der Waals surface area (Å²) in [7, 11) is -2.58. The van der Waals surface area contributed by atoms with Crippen LogP contribution in [0.1, 0.15) is 26.3 Å². The molecule has 0 atom stereocenters. The van der Waals surface area contributed by atoms with E-state index in [1.54, 1.807) is 42.5 Å². The molecular formula is C25H24ClN5O4S. The Morgan fingerprint density at radius 1 is 0.944 bits per heavy atom. The van der Waals surface area contributed by atoms with Crippen molar-refractivity contribution < 1.29 is 17.9 Å². The number of nitrogens with zero attached hydrogens (tertiary/aromatic N) is 4. The second kappa shape index (κ2) is 10.1. The van der Waals surface area contributed by atoms with Crippen LogP contribution in [0.4, 0.5) is 5.82 Å². The van der Waals surface area contributed by atoms with Gasteiger partial charge in [-0.2, -0.15) is 0 Å². The number of aromatic nitrogens is 4. The first-order valence-electron chi connectivity index (χ1n) is 10.9. The van der Waals surface area contributed by atoms with Gasteiger partial charge in [0.2, 0.25) is 5.75 Å². The van der Waals surface area contributed by atoms with Gasteiger partial charge in [0.1, 0.15) is 12.0 Å². The molecule has 0 aliphatic heterocycles. The van der Waals surface area contributed by atoms with Crippen LogP contribution in [0, 0.1) is 0 Å². The summed E-state index contributed by atoms with van der Waals surface area (Å²) in [5.41, 5.74) is 1.22. The van der Waals surface area contributed by atoms with Gasteiger partial charge in [-0.05, 0) is 41.3 Å². The lowest BCUT2D eigenvalue weighted by Crippen LogP contribution is -2.16. The van der Waals surface area contributed by atoms with Crippen LogP contribution in [0.5, 0.6) is 17.2 Å². The van der Waals surface area contributed by atoms with E-state index in [4.69, 9.17) is 21.1 Å². The lowest BCUT2D eigenvalue weighted by molar-refractivity contribution is 0.378. The van der Waals surface area contributed by atoms with Crippen molar-refractivity contribution in [1.29, 1.82) is 0 Å². The van der Waals surface area contributed by atoms with Crippen LogP contribution < -0.4 is 14.2 Å². The summed E-state index contributed by atoms with van der Waals surface area (Å²) in [6.07, 6.45) is 2.84. The molecule has 0 radical (unpaired) electrons. The summed E-state index contributed by atoms with van der Waals surface area (Å²) in [5.74, 6) is 0.564. The molecule has 0 saturated carbocycles. The van der Waals surface area contributed by atoms with Gasteiger partial charge in [0, 0.05) is 6.20 Å². The smallest absolute Gasteiger partial charge is 0.263 e. The summed E-state index contributed by atoms with van der Waals surface area (Å²) in [6, 6.07) is 15.1. The van der Waals surface area contributed by atoms with Crippen LogP contribution in [0.25, 0.3) is 11.5 Å². The van der Waals surface area contributed by atoms with E-state index in [1.807, 2.05) is 20.8 Å². The predicted molar refractivity (Wildman–Crippen MR) is 137 cm³/mol. The minimum atomic E-state index is -4.06. The molecule has 0 fully saturated rings. The number of benzene rings is 2. The van der Waals surface area contributed by atoms with Crippen molar-refractivity contribution in [2.24, 2.45) is 0 Å². The highest BCUT2D eigenvalue weighted by Gasteiger charge is 2.24. The van der Waals surface area contributed by atoms with Crippen molar-refractivity contribution in [1.82, 2.24) is 19.9 Å². The molecule has 4 rings (SSSR count). The molecule has 0 spiro atoms. The predicted octanol–water partition coefficient (Wildman–Crippen LogP) is 5.49. The van der Waals surface area contributed by atoms with Crippen LogP contribution in [-0.4, -0.2) is 35.5 Å². The van der Waals surface area contributed by atoms with Crippen LogP contribution in [0.3, 0.4) is 0 Å². The van der Waals surface area contributed by atoms with Gasteiger partial charge in [-0.15, -0.1) is 0 Å².